The number of hydrogen-bond donors (Lipinski definition) is 0. The van der Waals surface area contributed by atoms with Gasteiger partial charge >= 0.3 is 11.6 Å². The highest BCUT2D eigenvalue weighted by Gasteiger charge is 2.14. The van der Waals surface area contributed by atoms with Gasteiger partial charge < -0.3 is 9.15 Å². The van der Waals surface area contributed by atoms with E-state index in [0.717, 1.165) is 0 Å². The number of fused-ring (bicyclic) bond motifs is 1. The van der Waals surface area contributed by atoms with E-state index in [1.807, 2.05) is 0 Å². The standard InChI is InChI=1S/C14H11ClO5/c1-7(15)13(17)19-10-4-3-9-5-11(8(2)16)14(18)20-12(9)6-10/h3-7H,1-2H3. The van der Waals surface area contributed by atoms with Crippen LogP contribution < -0.4 is 10.4 Å². The fourth-order valence-electron chi connectivity index (χ4n) is 1.60. The summed E-state index contributed by atoms with van der Waals surface area (Å²) in [5.74, 6) is -0.755. The Labute approximate surface area is 119 Å². The zero-order valence-electron chi connectivity index (χ0n) is 10.8. The molecule has 2 aromatic rings. The summed E-state index contributed by atoms with van der Waals surface area (Å²) in [4.78, 5) is 34.2. The molecule has 0 spiro atoms. The first-order valence-electron chi connectivity index (χ1n) is 5.83. The van der Waals surface area contributed by atoms with E-state index >= 15 is 0 Å². The van der Waals surface area contributed by atoms with E-state index in [9.17, 15) is 14.4 Å². The normalized spacial score (nSPS) is 12.2. The Kier molecular flexibility index (Phi) is 3.90. The van der Waals surface area contributed by atoms with Crippen LogP contribution in [0.5, 0.6) is 5.75 Å². The van der Waals surface area contributed by atoms with Gasteiger partial charge in [0.2, 0.25) is 0 Å². The number of benzene rings is 1. The van der Waals surface area contributed by atoms with Crippen LogP contribution in [-0.4, -0.2) is 17.1 Å². The predicted molar refractivity (Wildman–Crippen MR) is 73.4 cm³/mol. The minimum absolute atomic E-state index is 0.0170. The van der Waals surface area contributed by atoms with Crippen LogP contribution >= 0.6 is 11.6 Å². The lowest BCUT2D eigenvalue weighted by atomic mass is 10.1. The van der Waals surface area contributed by atoms with Crippen molar-refractivity contribution in [2.75, 3.05) is 0 Å². The van der Waals surface area contributed by atoms with Crippen molar-refractivity contribution >= 4 is 34.3 Å². The lowest BCUT2D eigenvalue weighted by Gasteiger charge is -2.06. The largest absolute Gasteiger partial charge is 0.425 e. The van der Waals surface area contributed by atoms with Crippen LogP contribution in [0.1, 0.15) is 24.2 Å². The molecule has 20 heavy (non-hydrogen) atoms. The molecule has 5 nitrogen and oxygen atoms in total. The molecule has 0 saturated heterocycles. The Bertz CT molecular complexity index is 745. The smallest absolute Gasteiger partial charge is 0.347 e. The van der Waals surface area contributed by atoms with E-state index in [0.29, 0.717) is 5.39 Å². The van der Waals surface area contributed by atoms with Crippen molar-refractivity contribution < 1.29 is 18.7 Å². The number of Topliss-reactive ketones (excluding diaryl/α,β-unsaturated/α-hetero) is 1. The molecule has 0 aliphatic carbocycles. The first-order valence-corrected chi connectivity index (χ1v) is 6.26. The molecule has 1 atom stereocenters. The quantitative estimate of drug-likeness (QED) is 0.286. The van der Waals surface area contributed by atoms with Gasteiger partial charge in [0.25, 0.3) is 0 Å². The molecule has 1 aromatic carbocycles. The molecule has 0 amide bonds. The van der Waals surface area contributed by atoms with E-state index in [1.165, 1.54) is 32.0 Å². The number of carbonyl (C=O) groups is 2. The average molecular weight is 295 g/mol. The Morgan fingerprint density at radius 2 is 2.00 bits per heavy atom. The van der Waals surface area contributed by atoms with Crippen LogP contribution in [0, 0.1) is 0 Å². The van der Waals surface area contributed by atoms with Crippen LogP contribution in [0.3, 0.4) is 0 Å². The van der Waals surface area contributed by atoms with Crippen molar-refractivity contribution in [3.05, 3.63) is 40.2 Å². The fourth-order valence-corrected chi connectivity index (χ4v) is 1.64. The van der Waals surface area contributed by atoms with Crippen LogP contribution in [0.15, 0.2) is 33.5 Å². The summed E-state index contributed by atoms with van der Waals surface area (Å²) in [6, 6.07) is 5.97. The molecule has 0 bridgehead atoms. The number of ether oxygens (including phenoxy) is 1. The van der Waals surface area contributed by atoms with Crippen molar-refractivity contribution in [3.63, 3.8) is 0 Å². The number of carbonyl (C=O) groups excluding carboxylic acids is 2. The summed E-state index contributed by atoms with van der Waals surface area (Å²) < 4.78 is 10.0. The van der Waals surface area contributed by atoms with Gasteiger partial charge in [0, 0.05) is 11.5 Å². The van der Waals surface area contributed by atoms with E-state index in [-0.39, 0.29) is 22.7 Å². The topological polar surface area (TPSA) is 73.6 Å². The highest BCUT2D eigenvalue weighted by molar-refractivity contribution is 6.29. The third-order valence-electron chi connectivity index (χ3n) is 2.63. The van der Waals surface area contributed by atoms with Crippen LogP contribution in [0.25, 0.3) is 11.0 Å². The molecule has 0 aliphatic heterocycles. The van der Waals surface area contributed by atoms with Crippen molar-refractivity contribution in [2.45, 2.75) is 19.2 Å². The van der Waals surface area contributed by atoms with Crippen molar-refractivity contribution in [3.8, 4) is 5.75 Å². The molecule has 1 unspecified atom stereocenters. The van der Waals surface area contributed by atoms with Crippen LogP contribution in [0.2, 0.25) is 0 Å². The lowest BCUT2D eigenvalue weighted by molar-refractivity contribution is -0.133. The van der Waals surface area contributed by atoms with Gasteiger partial charge in [0.15, 0.2) is 5.78 Å². The van der Waals surface area contributed by atoms with Crippen LogP contribution in [-0.2, 0) is 4.79 Å². The maximum atomic E-state index is 11.6. The Balaban J connectivity index is 2.45. The Morgan fingerprint density at radius 3 is 2.60 bits per heavy atom. The zero-order chi connectivity index (χ0) is 14.9. The Morgan fingerprint density at radius 1 is 1.30 bits per heavy atom. The molecule has 6 heteroatoms. The number of ketones is 1. The minimum atomic E-state index is -0.780. The predicted octanol–water partition coefficient (Wildman–Crippen LogP) is 2.53. The van der Waals surface area contributed by atoms with Gasteiger partial charge in [-0.2, -0.15) is 0 Å². The van der Waals surface area contributed by atoms with Crippen molar-refractivity contribution in [2.24, 2.45) is 0 Å². The third-order valence-corrected chi connectivity index (χ3v) is 2.81. The summed E-state index contributed by atoms with van der Waals surface area (Å²) >= 11 is 5.59. The van der Waals surface area contributed by atoms with E-state index < -0.39 is 17.0 Å². The van der Waals surface area contributed by atoms with Crippen LogP contribution in [0.4, 0.5) is 0 Å². The van der Waals surface area contributed by atoms with E-state index in [1.54, 1.807) is 6.07 Å². The summed E-state index contributed by atoms with van der Waals surface area (Å²) in [5.41, 5.74) is -0.511. The Hall–Kier alpha value is -2.14. The average Bonchev–Trinajstić information content (AvgIpc) is 2.37. The summed E-state index contributed by atoms with van der Waals surface area (Å²) in [7, 11) is 0. The van der Waals surface area contributed by atoms with Gasteiger partial charge in [0.05, 0.1) is 0 Å². The second kappa shape index (κ2) is 5.46. The van der Waals surface area contributed by atoms with Gasteiger partial charge in [-0.3, -0.25) is 9.59 Å². The molecule has 0 aliphatic rings. The third kappa shape index (κ3) is 2.88. The molecule has 0 N–H and O–H groups in total. The lowest BCUT2D eigenvalue weighted by Crippen LogP contribution is -2.17. The minimum Gasteiger partial charge on any atom is -0.425 e. The number of hydrogen-bond acceptors (Lipinski definition) is 5. The summed E-state index contributed by atoms with van der Waals surface area (Å²) in [6.07, 6.45) is 0. The van der Waals surface area contributed by atoms with E-state index in [2.05, 4.69) is 0 Å². The highest BCUT2D eigenvalue weighted by Crippen LogP contribution is 2.21. The number of alkyl halides is 1. The van der Waals surface area contributed by atoms with Crippen molar-refractivity contribution in [1.29, 1.82) is 0 Å². The summed E-state index contributed by atoms with van der Waals surface area (Å²) in [6.45, 7) is 2.78. The van der Waals surface area contributed by atoms with E-state index in [4.69, 9.17) is 20.8 Å². The number of halogens is 1. The van der Waals surface area contributed by atoms with Crippen molar-refractivity contribution in [1.82, 2.24) is 0 Å². The first-order chi connectivity index (χ1) is 9.38. The second-order valence-corrected chi connectivity index (χ2v) is 4.90. The van der Waals surface area contributed by atoms with Gasteiger partial charge in [0.1, 0.15) is 22.3 Å². The fraction of sp³-hybridized carbons (Fsp3) is 0.214. The SMILES string of the molecule is CC(=O)c1cc2ccc(OC(=O)C(C)Cl)cc2oc1=O. The second-order valence-electron chi connectivity index (χ2n) is 4.24. The molecule has 2 rings (SSSR count). The molecular weight excluding hydrogens is 284 g/mol. The molecule has 1 heterocycles. The van der Waals surface area contributed by atoms with Gasteiger partial charge in [-0.15, -0.1) is 11.6 Å². The maximum absolute atomic E-state index is 11.6. The van der Waals surface area contributed by atoms with Gasteiger partial charge in [-0.05, 0) is 32.0 Å². The molecule has 0 saturated carbocycles. The number of rotatable bonds is 3. The molecule has 0 fully saturated rings. The molecular formula is C14H11ClO5. The highest BCUT2D eigenvalue weighted by atomic mass is 35.5. The van der Waals surface area contributed by atoms with Gasteiger partial charge in [-0.25, -0.2) is 4.79 Å². The molecule has 0 radical (unpaired) electrons. The van der Waals surface area contributed by atoms with Gasteiger partial charge in [-0.1, -0.05) is 0 Å². The molecule has 1 aromatic heterocycles. The summed E-state index contributed by atoms with van der Waals surface area (Å²) in [5, 5.41) is -0.216. The maximum Gasteiger partial charge on any atom is 0.347 e. The number of esters is 1. The first kappa shape index (κ1) is 14.3. The monoisotopic (exact) mass is 294 g/mol. The molecule has 104 valence electrons. The zero-order valence-corrected chi connectivity index (χ0v) is 11.6.